The zero-order chi connectivity index (χ0) is 7.98. The molecule has 0 rings (SSSR count). The third-order valence-corrected chi connectivity index (χ3v) is 1.38. The average Bonchev–Trinajstić information content (AvgIpc) is 1.99. The van der Waals surface area contributed by atoms with Gasteiger partial charge in [0.15, 0.2) is 0 Å². The van der Waals surface area contributed by atoms with Crippen LogP contribution in [0.15, 0.2) is 24.5 Å². The first-order chi connectivity index (χ1) is 4.76. The molecule has 0 bridgehead atoms. The molecule has 0 spiro atoms. The van der Waals surface area contributed by atoms with Gasteiger partial charge in [-0.3, -0.25) is 0 Å². The Balaban J connectivity index is 4.04. The summed E-state index contributed by atoms with van der Waals surface area (Å²) >= 11 is 0. The van der Waals surface area contributed by atoms with Gasteiger partial charge in [-0.05, 0) is 20.0 Å². The molecular weight excluding hydrogens is 126 g/mol. The van der Waals surface area contributed by atoms with Gasteiger partial charge in [-0.2, -0.15) is 0 Å². The van der Waals surface area contributed by atoms with Crippen LogP contribution in [0.5, 0.6) is 0 Å². The maximum Gasteiger partial charge on any atom is 0.112 e. The van der Waals surface area contributed by atoms with E-state index >= 15 is 0 Å². The van der Waals surface area contributed by atoms with Crippen molar-refractivity contribution in [3.8, 4) is 0 Å². The van der Waals surface area contributed by atoms with Crippen molar-refractivity contribution in [3.05, 3.63) is 24.5 Å². The van der Waals surface area contributed by atoms with E-state index in [2.05, 4.69) is 11.9 Å². The van der Waals surface area contributed by atoms with Crippen molar-refractivity contribution in [2.24, 2.45) is 0 Å². The Morgan fingerprint density at radius 1 is 1.70 bits per heavy atom. The monoisotopic (exact) mass is 141 g/mol. The lowest BCUT2D eigenvalue weighted by atomic mass is 10.2. The highest BCUT2D eigenvalue weighted by molar-refractivity contribution is 5.09. The summed E-state index contributed by atoms with van der Waals surface area (Å²) in [4.78, 5) is 0. The molecule has 2 heteroatoms. The highest BCUT2D eigenvalue weighted by Gasteiger charge is 2.02. The standard InChI is InChI=1S/C8H15NO/c1-5-6-8(10-4)7(2)9-3/h5-7,9H,1H2,2-4H3/b8-6+/t7-/m1/s1. The van der Waals surface area contributed by atoms with Crippen LogP contribution in [0.25, 0.3) is 0 Å². The normalized spacial score (nSPS) is 14.5. The number of allylic oxidation sites excluding steroid dienone is 2. The van der Waals surface area contributed by atoms with Gasteiger partial charge in [-0.1, -0.05) is 12.7 Å². The van der Waals surface area contributed by atoms with E-state index in [0.717, 1.165) is 5.76 Å². The molecule has 0 saturated heterocycles. The van der Waals surface area contributed by atoms with Crippen LogP contribution in [0.1, 0.15) is 6.92 Å². The number of methoxy groups -OCH3 is 1. The van der Waals surface area contributed by atoms with E-state index in [-0.39, 0.29) is 6.04 Å². The van der Waals surface area contributed by atoms with Crippen molar-refractivity contribution < 1.29 is 4.74 Å². The topological polar surface area (TPSA) is 21.3 Å². The number of nitrogens with one attached hydrogen (secondary N) is 1. The van der Waals surface area contributed by atoms with E-state index in [1.807, 2.05) is 20.0 Å². The van der Waals surface area contributed by atoms with Gasteiger partial charge in [0.2, 0.25) is 0 Å². The van der Waals surface area contributed by atoms with Gasteiger partial charge in [-0.15, -0.1) is 0 Å². The van der Waals surface area contributed by atoms with Crippen LogP contribution in [0.4, 0.5) is 0 Å². The minimum Gasteiger partial charge on any atom is -0.499 e. The first-order valence-corrected chi connectivity index (χ1v) is 3.30. The minimum absolute atomic E-state index is 0.253. The molecule has 0 aliphatic rings. The molecule has 0 aliphatic carbocycles. The SMILES string of the molecule is C=C/C=C(/OC)[C@@H](C)NC. The molecule has 0 unspecified atom stereocenters. The van der Waals surface area contributed by atoms with Gasteiger partial charge in [0.25, 0.3) is 0 Å². The molecule has 1 atom stereocenters. The van der Waals surface area contributed by atoms with Crippen LogP contribution in [-0.4, -0.2) is 20.2 Å². The second-order valence-corrected chi connectivity index (χ2v) is 2.02. The van der Waals surface area contributed by atoms with E-state index in [4.69, 9.17) is 4.74 Å². The lowest BCUT2D eigenvalue weighted by Crippen LogP contribution is -2.24. The summed E-state index contributed by atoms with van der Waals surface area (Å²) in [6, 6.07) is 0.253. The van der Waals surface area contributed by atoms with Crippen LogP contribution >= 0.6 is 0 Å². The lowest BCUT2D eigenvalue weighted by molar-refractivity contribution is 0.259. The molecule has 0 radical (unpaired) electrons. The van der Waals surface area contributed by atoms with E-state index < -0.39 is 0 Å². The van der Waals surface area contributed by atoms with Crippen molar-refractivity contribution in [1.82, 2.24) is 5.32 Å². The van der Waals surface area contributed by atoms with Crippen molar-refractivity contribution in [3.63, 3.8) is 0 Å². The summed E-state index contributed by atoms with van der Waals surface area (Å²) in [6.45, 7) is 5.61. The molecule has 58 valence electrons. The first kappa shape index (κ1) is 9.24. The Labute approximate surface area is 62.6 Å². The summed E-state index contributed by atoms with van der Waals surface area (Å²) in [7, 11) is 3.55. The molecule has 0 aliphatic heterocycles. The highest BCUT2D eigenvalue weighted by atomic mass is 16.5. The predicted octanol–water partition coefficient (Wildman–Crippen LogP) is 1.31. The molecule has 0 fully saturated rings. The van der Waals surface area contributed by atoms with E-state index in [0.29, 0.717) is 0 Å². The summed E-state index contributed by atoms with van der Waals surface area (Å²) in [6.07, 6.45) is 3.56. The molecule has 0 saturated carbocycles. The Kier molecular flexibility index (Phi) is 4.67. The summed E-state index contributed by atoms with van der Waals surface area (Å²) in [5, 5.41) is 3.06. The predicted molar refractivity (Wildman–Crippen MR) is 43.8 cm³/mol. The van der Waals surface area contributed by atoms with Gasteiger partial charge in [-0.25, -0.2) is 0 Å². The fourth-order valence-electron chi connectivity index (χ4n) is 0.648. The zero-order valence-electron chi connectivity index (χ0n) is 6.85. The second kappa shape index (κ2) is 5.06. The van der Waals surface area contributed by atoms with Gasteiger partial charge >= 0.3 is 0 Å². The first-order valence-electron chi connectivity index (χ1n) is 3.30. The van der Waals surface area contributed by atoms with Gasteiger partial charge in [0.1, 0.15) is 5.76 Å². The molecule has 1 N–H and O–H groups in total. The molecule has 0 aromatic heterocycles. The van der Waals surface area contributed by atoms with Gasteiger partial charge < -0.3 is 10.1 Å². The van der Waals surface area contributed by atoms with Crippen LogP contribution in [0.2, 0.25) is 0 Å². The number of hydrogen-bond donors (Lipinski definition) is 1. The minimum atomic E-state index is 0.253. The van der Waals surface area contributed by atoms with Crippen LogP contribution in [0.3, 0.4) is 0 Å². The average molecular weight is 141 g/mol. The lowest BCUT2D eigenvalue weighted by Gasteiger charge is -2.12. The molecule has 0 aromatic carbocycles. The Morgan fingerprint density at radius 3 is 2.60 bits per heavy atom. The van der Waals surface area contributed by atoms with Crippen LogP contribution < -0.4 is 5.32 Å². The maximum atomic E-state index is 5.07. The Hall–Kier alpha value is -0.760. The Morgan fingerprint density at radius 2 is 2.30 bits per heavy atom. The Bertz CT molecular complexity index is 129. The van der Waals surface area contributed by atoms with E-state index in [1.165, 1.54) is 0 Å². The maximum absolute atomic E-state index is 5.07. The molecule has 0 amide bonds. The molecule has 10 heavy (non-hydrogen) atoms. The van der Waals surface area contributed by atoms with Crippen LogP contribution in [-0.2, 0) is 4.74 Å². The fourth-order valence-corrected chi connectivity index (χ4v) is 0.648. The number of rotatable bonds is 4. The number of likely N-dealkylation sites (N-methyl/N-ethyl adjacent to an activating group) is 1. The quantitative estimate of drug-likeness (QED) is 0.471. The van der Waals surface area contributed by atoms with Crippen molar-refractivity contribution in [1.29, 1.82) is 0 Å². The van der Waals surface area contributed by atoms with Crippen molar-refractivity contribution >= 4 is 0 Å². The third-order valence-electron chi connectivity index (χ3n) is 1.38. The van der Waals surface area contributed by atoms with E-state index in [1.54, 1.807) is 13.2 Å². The van der Waals surface area contributed by atoms with Crippen molar-refractivity contribution in [2.75, 3.05) is 14.2 Å². The van der Waals surface area contributed by atoms with Gasteiger partial charge in [0, 0.05) is 0 Å². The smallest absolute Gasteiger partial charge is 0.112 e. The molecule has 0 heterocycles. The molecule has 0 aromatic rings. The fraction of sp³-hybridized carbons (Fsp3) is 0.500. The largest absolute Gasteiger partial charge is 0.499 e. The van der Waals surface area contributed by atoms with E-state index in [9.17, 15) is 0 Å². The number of ether oxygens (including phenoxy) is 1. The van der Waals surface area contributed by atoms with Crippen LogP contribution in [0, 0.1) is 0 Å². The van der Waals surface area contributed by atoms with Gasteiger partial charge in [0.05, 0.1) is 13.2 Å². The molecular formula is C8H15NO. The second-order valence-electron chi connectivity index (χ2n) is 2.02. The number of hydrogen-bond acceptors (Lipinski definition) is 2. The third kappa shape index (κ3) is 2.69. The summed E-state index contributed by atoms with van der Waals surface area (Å²) < 4.78 is 5.07. The molecule has 2 nitrogen and oxygen atoms in total. The summed E-state index contributed by atoms with van der Waals surface area (Å²) in [5.74, 6) is 0.900. The highest BCUT2D eigenvalue weighted by Crippen LogP contribution is 2.01. The van der Waals surface area contributed by atoms with Crippen molar-refractivity contribution in [2.45, 2.75) is 13.0 Å². The summed E-state index contributed by atoms with van der Waals surface area (Å²) in [5.41, 5.74) is 0. The zero-order valence-corrected chi connectivity index (χ0v) is 6.85.